The Kier molecular flexibility index (Phi) is 18.5. The molecule has 0 bridgehead atoms. The van der Waals surface area contributed by atoms with E-state index in [9.17, 15) is 0 Å². The van der Waals surface area contributed by atoms with Gasteiger partial charge in [-0.15, -0.1) is 0 Å². The van der Waals surface area contributed by atoms with Crippen molar-refractivity contribution >= 4 is 88.3 Å². The summed E-state index contributed by atoms with van der Waals surface area (Å²) in [4.78, 5) is 18.4. The summed E-state index contributed by atoms with van der Waals surface area (Å²) in [5, 5.41) is 7.92. The molecule has 0 aliphatic rings. The minimum Gasteiger partial charge on any atom is -0.437 e. The number of aryl methyl sites for hydroxylation is 14. The molecule has 1 unspecified atom stereocenters. The van der Waals surface area contributed by atoms with Gasteiger partial charge in [-0.2, -0.15) is 0 Å². The van der Waals surface area contributed by atoms with Crippen LogP contribution in [0.2, 0.25) is 0 Å². The van der Waals surface area contributed by atoms with E-state index in [1.54, 1.807) is 26.2 Å². The summed E-state index contributed by atoms with van der Waals surface area (Å²) in [6.45, 7) is 36.8. The molecular weight excluding hydrogens is 1380 g/mol. The summed E-state index contributed by atoms with van der Waals surface area (Å²) in [6.07, 6.45) is 9.84. The Morgan fingerprint density at radius 2 is 0.688 bits per heavy atom. The zero-order valence-electron chi connectivity index (χ0n) is 81.2. The van der Waals surface area contributed by atoms with Gasteiger partial charge in [0.05, 0.1) is 22.3 Å². The number of pyridine rings is 8. The van der Waals surface area contributed by atoms with E-state index in [0.717, 1.165) is 150 Å². The lowest BCUT2D eigenvalue weighted by molar-refractivity contribution is -0.661. The smallest absolute Gasteiger partial charge is 0.227 e. The number of hydrogen-bond donors (Lipinski definition) is 0. The Morgan fingerprint density at radius 3 is 1.04 bits per heavy atom. The molecule has 0 N–H and O–H groups in total. The van der Waals surface area contributed by atoms with Gasteiger partial charge in [0.1, 0.15) is 28.2 Å². The monoisotopic (exact) mass is 1500 g/mol. The van der Waals surface area contributed by atoms with Crippen LogP contribution in [0.1, 0.15) is 237 Å². The molecule has 0 spiro atoms. The van der Waals surface area contributed by atoms with Gasteiger partial charge in [-0.05, 0) is 216 Å². The number of benzene rings is 4. The van der Waals surface area contributed by atoms with Crippen molar-refractivity contribution in [3.05, 3.63) is 236 Å². The topological polar surface area (TPSA) is 120 Å². The van der Waals surface area contributed by atoms with Crippen LogP contribution in [-0.4, -0.2) is 19.9 Å². The molecule has 112 heavy (non-hydrogen) atoms. The third kappa shape index (κ3) is 15.3. The fourth-order valence-corrected chi connectivity index (χ4v) is 15.8. The summed E-state index contributed by atoms with van der Waals surface area (Å²) < 4.78 is 123. The predicted octanol–water partition coefficient (Wildman–Crippen LogP) is 25.0. The van der Waals surface area contributed by atoms with Crippen LogP contribution in [0, 0.1) is 74.6 Å². The van der Waals surface area contributed by atoms with E-state index >= 15 is 0 Å². The number of nitrogens with zero attached hydrogens (tertiary/aromatic N) is 8. The molecule has 16 rings (SSSR count). The standard InChI is InChI=1S/4C25H29N2O/c1-15-8-10-19-20-11-9-17(3)26-24(20)28-23(19)22(15)21-12-16(2)18(14-27(21)7)13-25(4,5)6;2*1-14(2)20-13-27(7)22(12-17(20)6)23-16(5)8-9-18-19-10-11-21(15(3)4)26-25(19)28-24(18)23;1-7-18(8-2)21-13-22(27(6)14-16(21)4)23-15(3)9-11-19-20-12-10-17(5)26-25(20)28-24(19)23/h8-12,14H,13H2,1-7H3;2*8-15H,1-7H3;9-14,18H,7-8H2,1-6H3/q4*+1/i;1D3,14D,15D;14D,15D;4D3,18D. The molecule has 0 aliphatic heterocycles. The molecule has 4 aromatic carbocycles. The van der Waals surface area contributed by atoms with Crippen LogP contribution in [0.15, 0.2) is 164 Å². The van der Waals surface area contributed by atoms with Crippen LogP contribution in [0.5, 0.6) is 0 Å². The van der Waals surface area contributed by atoms with Gasteiger partial charge in [0.15, 0.2) is 47.1 Å². The predicted molar refractivity (Wildman–Crippen MR) is 463 cm³/mol. The highest BCUT2D eigenvalue weighted by atomic mass is 16.4. The molecule has 0 amide bonds. The van der Waals surface area contributed by atoms with Crippen molar-refractivity contribution in [2.24, 2.45) is 33.6 Å². The van der Waals surface area contributed by atoms with Crippen molar-refractivity contribution in [3.63, 3.8) is 0 Å². The number of rotatable bonds is 12. The Morgan fingerprint density at radius 1 is 0.357 bits per heavy atom. The maximum absolute atomic E-state index is 9.04. The lowest BCUT2D eigenvalue weighted by Gasteiger charge is -2.19. The van der Waals surface area contributed by atoms with Gasteiger partial charge in [0.2, 0.25) is 45.6 Å². The fraction of sp³-hybridized carbons (Fsp3) is 0.360. The Hall–Kier alpha value is -10.7. The second-order valence-electron chi connectivity index (χ2n) is 32.6. The van der Waals surface area contributed by atoms with Crippen molar-refractivity contribution in [1.29, 1.82) is 0 Å². The van der Waals surface area contributed by atoms with Crippen molar-refractivity contribution in [1.82, 2.24) is 19.9 Å². The summed E-state index contributed by atoms with van der Waals surface area (Å²) in [5.74, 6) is -4.99. The molecule has 576 valence electrons. The first-order valence-corrected chi connectivity index (χ1v) is 39.0. The van der Waals surface area contributed by atoms with Gasteiger partial charge >= 0.3 is 0 Å². The number of aromatic nitrogens is 8. The minimum absolute atomic E-state index is 0.231. The molecule has 12 heterocycles. The zero-order valence-corrected chi connectivity index (χ0v) is 70.2. The van der Waals surface area contributed by atoms with E-state index in [-0.39, 0.29) is 11.0 Å². The van der Waals surface area contributed by atoms with Gasteiger partial charge in [-0.1, -0.05) is 138 Å². The Bertz CT molecular complexity index is 6870. The maximum Gasteiger partial charge on any atom is 0.227 e. The molecule has 16 aromatic rings. The van der Waals surface area contributed by atoms with Gasteiger partial charge in [0.25, 0.3) is 0 Å². The van der Waals surface area contributed by atoms with Crippen LogP contribution in [0.4, 0.5) is 0 Å². The second-order valence-corrected chi connectivity index (χ2v) is 32.6. The molecule has 0 aliphatic carbocycles. The van der Waals surface area contributed by atoms with Crippen molar-refractivity contribution < 1.29 is 51.0 Å². The third-order valence-electron chi connectivity index (χ3n) is 21.9. The quantitative estimate of drug-likeness (QED) is 0.111. The molecule has 0 fully saturated rings. The number of hydrogen-bond acceptors (Lipinski definition) is 8. The van der Waals surface area contributed by atoms with E-state index in [2.05, 4.69) is 146 Å². The second kappa shape index (κ2) is 31.4. The van der Waals surface area contributed by atoms with Gasteiger partial charge in [-0.25, -0.2) is 38.2 Å². The van der Waals surface area contributed by atoms with E-state index < -0.39 is 43.2 Å². The lowest BCUT2D eigenvalue weighted by Crippen LogP contribution is -2.32. The van der Waals surface area contributed by atoms with E-state index in [1.165, 1.54) is 29.3 Å². The maximum atomic E-state index is 9.04. The van der Waals surface area contributed by atoms with E-state index in [4.69, 9.17) is 32.7 Å². The first-order chi connectivity index (χ1) is 57.1. The normalized spacial score (nSPS) is 14.6. The summed E-state index contributed by atoms with van der Waals surface area (Å²) in [6, 6.07) is 40.8. The average molecular weight is 1510 g/mol. The Balaban J connectivity index is 0.000000141. The molecule has 0 saturated carbocycles. The molecule has 0 saturated heterocycles. The highest BCUT2D eigenvalue weighted by molar-refractivity contribution is 6.12. The number of fused-ring (bicyclic) bond motifs is 12. The van der Waals surface area contributed by atoms with Crippen molar-refractivity contribution in [2.75, 3.05) is 0 Å². The third-order valence-corrected chi connectivity index (χ3v) is 21.9. The lowest BCUT2D eigenvalue weighted by atomic mass is 9.86. The summed E-state index contributed by atoms with van der Waals surface area (Å²) in [7, 11) is 7.85. The number of furan rings is 4. The average Bonchev–Trinajstić information content (AvgIpc) is 1.66. The summed E-state index contributed by atoms with van der Waals surface area (Å²) >= 11 is 0. The molecule has 1 atom stereocenters. The highest BCUT2D eigenvalue weighted by Gasteiger charge is 2.30. The van der Waals surface area contributed by atoms with Crippen LogP contribution in [0.25, 0.3) is 133 Å². The first kappa shape index (κ1) is 65.9. The fourth-order valence-electron chi connectivity index (χ4n) is 15.8. The Labute approximate surface area is 678 Å². The first-order valence-electron chi connectivity index (χ1n) is 44.5. The van der Waals surface area contributed by atoms with Crippen LogP contribution in [0.3, 0.4) is 0 Å². The zero-order chi connectivity index (χ0) is 90.2. The minimum atomic E-state index is -2.45. The molecular formula is C100H116N8O4+4. The van der Waals surface area contributed by atoms with Crippen molar-refractivity contribution in [3.8, 4) is 45.0 Å². The van der Waals surface area contributed by atoms with Gasteiger partial charge < -0.3 is 17.7 Å². The van der Waals surface area contributed by atoms with Gasteiger partial charge in [-0.3, -0.25) is 0 Å². The van der Waals surface area contributed by atoms with Crippen molar-refractivity contribution in [2.45, 2.75) is 208 Å². The molecule has 12 nitrogen and oxygen atoms in total. The van der Waals surface area contributed by atoms with E-state index in [0.29, 0.717) is 63.8 Å². The van der Waals surface area contributed by atoms with Crippen LogP contribution >= 0.6 is 0 Å². The summed E-state index contributed by atoms with van der Waals surface area (Å²) in [5.41, 5.74) is 28.0. The van der Waals surface area contributed by atoms with Gasteiger partial charge in [0, 0.05) is 127 Å². The molecule has 0 radical (unpaired) electrons. The van der Waals surface area contributed by atoms with Crippen LogP contribution < -0.4 is 18.3 Å². The molecule has 12 heteroatoms. The largest absolute Gasteiger partial charge is 0.437 e. The molecule has 12 aromatic heterocycles. The highest BCUT2D eigenvalue weighted by Crippen LogP contribution is 2.43. The van der Waals surface area contributed by atoms with Crippen LogP contribution in [-0.2, 0) is 34.6 Å². The SMILES string of the molecule is Cc1ccc2c(n1)oc1c(-c3cc(C)c(CC(C)(C)C)c[n+]3C)c(C)ccc12.[2H]C(C)(C)c1ccc2c(n1)oc1c(-c3cc(C)c(C([2H])(C)C([2H])([2H])[2H])c[n+]3C)c(C)ccc12.[2H]C(C)(C)c1ccc2c(n1)oc1c(-c3cc(C)c(C([2H])(C)C)c[n+]3C)c(C)ccc12.[2H]C([2H])([2H])c1c[n+](C)c(-c2c(C)ccc3c2oc2nc(C)ccc23)cc1C([2H])(CC)CC. The van der Waals surface area contributed by atoms with E-state index in [1.807, 2.05) is 179 Å².